The molecule has 0 radical (unpaired) electrons. The Bertz CT molecular complexity index is 613. The standard InChI is InChI=1S/C16H16N2O2/c1-12(13-6-3-2-4-7-13)15(11-19)18-16(20)10-14-8-5-9-17-14/h2-9,11,17H,10H2,1H3,(H,18,20). The highest BCUT2D eigenvalue weighted by molar-refractivity contribution is 5.93. The molecule has 2 aromatic rings. The summed E-state index contributed by atoms with van der Waals surface area (Å²) in [6.07, 6.45) is 2.65. The molecule has 0 saturated heterocycles. The number of benzene rings is 1. The number of carbonyl (C=O) groups excluding carboxylic acids is 2. The first-order chi connectivity index (χ1) is 9.70. The number of aldehydes is 1. The molecule has 1 aromatic carbocycles. The molecule has 4 nitrogen and oxygen atoms in total. The Balaban J connectivity index is 2.12. The molecule has 1 heterocycles. The van der Waals surface area contributed by atoms with Crippen molar-refractivity contribution in [2.24, 2.45) is 0 Å². The summed E-state index contributed by atoms with van der Waals surface area (Å²) >= 11 is 0. The van der Waals surface area contributed by atoms with Crippen LogP contribution in [-0.2, 0) is 16.0 Å². The van der Waals surface area contributed by atoms with Crippen LogP contribution in [-0.4, -0.2) is 17.2 Å². The van der Waals surface area contributed by atoms with Crippen molar-refractivity contribution in [3.63, 3.8) is 0 Å². The average molecular weight is 268 g/mol. The third-order valence-corrected chi connectivity index (χ3v) is 3.02. The minimum absolute atomic E-state index is 0.215. The number of hydrogen-bond donors (Lipinski definition) is 2. The molecule has 0 spiro atoms. The highest BCUT2D eigenvalue weighted by Crippen LogP contribution is 2.15. The Kier molecular flexibility index (Phi) is 4.50. The first kappa shape index (κ1) is 13.8. The van der Waals surface area contributed by atoms with E-state index >= 15 is 0 Å². The molecule has 0 fully saturated rings. The largest absolute Gasteiger partial charge is 0.365 e. The fourth-order valence-corrected chi connectivity index (χ4v) is 1.90. The van der Waals surface area contributed by atoms with Crippen LogP contribution < -0.4 is 5.32 Å². The molecule has 1 amide bonds. The van der Waals surface area contributed by atoms with Gasteiger partial charge in [0.2, 0.25) is 5.91 Å². The van der Waals surface area contributed by atoms with Gasteiger partial charge in [-0.1, -0.05) is 30.3 Å². The monoisotopic (exact) mass is 268 g/mol. The molecule has 4 heteroatoms. The molecule has 0 unspecified atom stereocenters. The summed E-state index contributed by atoms with van der Waals surface area (Å²) in [6.45, 7) is 1.81. The molecule has 0 atom stereocenters. The lowest BCUT2D eigenvalue weighted by atomic mass is 10.1. The fourth-order valence-electron chi connectivity index (χ4n) is 1.90. The van der Waals surface area contributed by atoms with Crippen LogP contribution in [0.4, 0.5) is 0 Å². The van der Waals surface area contributed by atoms with Crippen molar-refractivity contribution in [3.05, 3.63) is 65.6 Å². The van der Waals surface area contributed by atoms with E-state index in [1.54, 1.807) is 6.20 Å². The molecular weight excluding hydrogens is 252 g/mol. The van der Waals surface area contributed by atoms with Gasteiger partial charge in [-0.25, -0.2) is 0 Å². The van der Waals surface area contributed by atoms with Crippen LogP contribution >= 0.6 is 0 Å². The molecule has 1 aromatic heterocycles. The average Bonchev–Trinajstić information content (AvgIpc) is 2.97. The first-order valence-electron chi connectivity index (χ1n) is 6.34. The Hall–Kier alpha value is -2.62. The number of aromatic amines is 1. The quantitative estimate of drug-likeness (QED) is 0.645. The highest BCUT2D eigenvalue weighted by Gasteiger charge is 2.09. The van der Waals surface area contributed by atoms with Crippen molar-refractivity contribution in [1.29, 1.82) is 0 Å². The zero-order valence-corrected chi connectivity index (χ0v) is 11.2. The van der Waals surface area contributed by atoms with Gasteiger partial charge >= 0.3 is 0 Å². The lowest BCUT2D eigenvalue weighted by Crippen LogP contribution is -2.26. The lowest BCUT2D eigenvalue weighted by Gasteiger charge is -2.08. The van der Waals surface area contributed by atoms with E-state index in [1.807, 2.05) is 49.4 Å². The number of H-pyrrole nitrogens is 1. The SMILES string of the molecule is CC(=C(C=O)NC(=O)Cc1ccc[nH]1)c1ccccc1. The second kappa shape index (κ2) is 6.52. The van der Waals surface area contributed by atoms with Crippen LogP contribution in [0.1, 0.15) is 18.2 Å². The number of amides is 1. The molecule has 0 aliphatic carbocycles. The van der Waals surface area contributed by atoms with E-state index in [0.717, 1.165) is 16.8 Å². The molecule has 2 rings (SSSR count). The summed E-state index contributed by atoms with van der Waals surface area (Å²) in [5.41, 5.74) is 2.77. The van der Waals surface area contributed by atoms with E-state index in [2.05, 4.69) is 10.3 Å². The van der Waals surface area contributed by atoms with Crippen LogP contribution in [0, 0.1) is 0 Å². The van der Waals surface area contributed by atoms with Gasteiger partial charge in [0.1, 0.15) is 0 Å². The van der Waals surface area contributed by atoms with Gasteiger partial charge in [-0.15, -0.1) is 0 Å². The first-order valence-corrected chi connectivity index (χ1v) is 6.34. The van der Waals surface area contributed by atoms with Crippen LogP contribution in [0.3, 0.4) is 0 Å². The van der Waals surface area contributed by atoms with Gasteiger partial charge in [0.05, 0.1) is 12.1 Å². The Morgan fingerprint density at radius 3 is 2.55 bits per heavy atom. The minimum Gasteiger partial charge on any atom is -0.365 e. The maximum atomic E-state index is 11.9. The van der Waals surface area contributed by atoms with Gasteiger partial charge in [-0.05, 0) is 30.2 Å². The molecule has 0 aliphatic heterocycles. The number of nitrogens with one attached hydrogen (secondary N) is 2. The maximum Gasteiger partial charge on any atom is 0.230 e. The van der Waals surface area contributed by atoms with E-state index in [-0.39, 0.29) is 12.3 Å². The van der Waals surface area contributed by atoms with Gasteiger partial charge in [0.15, 0.2) is 6.29 Å². The van der Waals surface area contributed by atoms with Crippen molar-refractivity contribution >= 4 is 17.8 Å². The highest BCUT2D eigenvalue weighted by atomic mass is 16.2. The Morgan fingerprint density at radius 1 is 1.20 bits per heavy atom. The van der Waals surface area contributed by atoms with Crippen LogP contribution in [0.2, 0.25) is 0 Å². The van der Waals surface area contributed by atoms with Gasteiger partial charge in [-0.2, -0.15) is 0 Å². The third kappa shape index (κ3) is 3.45. The maximum absolute atomic E-state index is 11.9. The Labute approximate surface area is 117 Å². The molecule has 0 bridgehead atoms. The molecule has 0 saturated carbocycles. The van der Waals surface area contributed by atoms with E-state index in [9.17, 15) is 9.59 Å². The van der Waals surface area contributed by atoms with Crippen LogP contribution in [0.5, 0.6) is 0 Å². The topological polar surface area (TPSA) is 62.0 Å². The lowest BCUT2D eigenvalue weighted by molar-refractivity contribution is -0.120. The molecule has 0 aliphatic rings. The number of allylic oxidation sites excluding steroid dienone is 2. The van der Waals surface area contributed by atoms with Crippen molar-refractivity contribution in [1.82, 2.24) is 10.3 Å². The third-order valence-electron chi connectivity index (χ3n) is 3.02. The second-order valence-corrected chi connectivity index (χ2v) is 4.44. The normalized spacial score (nSPS) is 11.7. The summed E-state index contributed by atoms with van der Waals surface area (Å²) in [6, 6.07) is 13.1. The predicted molar refractivity (Wildman–Crippen MR) is 77.7 cm³/mol. The number of rotatable bonds is 5. The second-order valence-electron chi connectivity index (χ2n) is 4.44. The molecular formula is C16H16N2O2. The van der Waals surface area contributed by atoms with E-state index in [0.29, 0.717) is 12.0 Å². The molecule has 102 valence electrons. The predicted octanol–water partition coefficient (Wildman–Crippen LogP) is 2.30. The van der Waals surface area contributed by atoms with Gasteiger partial charge in [-0.3, -0.25) is 9.59 Å². The molecule has 2 N–H and O–H groups in total. The number of carbonyl (C=O) groups is 2. The number of aromatic nitrogens is 1. The van der Waals surface area contributed by atoms with Crippen molar-refractivity contribution in [3.8, 4) is 0 Å². The summed E-state index contributed by atoms with van der Waals surface area (Å²) < 4.78 is 0. The van der Waals surface area contributed by atoms with E-state index < -0.39 is 0 Å². The minimum atomic E-state index is -0.218. The van der Waals surface area contributed by atoms with Crippen LogP contribution in [0.15, 0.2) is 54.4 Å². The van der Waals surface area contributed by atoms with Crippen molar-refractivity contribution < 1.29 is 9.59 Å². The van der Waals surface area contributed by atoms with Gasteiger partial charge < -0.3 is 10.3 Å². The molecule has 20 heavy (non-hydrogen) atoms. The van der Waals surface area contributed by atoms with Crippen LogP contribution in [0.25, 0.3) is 5.57 Å². The van der Waals surface area contributed by atoms with Gasteiger partial charge in [0, 0.05) is 11.9 Å². The smallest absolute Gasteiger partial charge is 0.230 e. The van der Waals surface area contributed by atoms with Gasteiger partial charge in [0.25, 0.3) is 0 Å². The fraction of sp³-hybridized carbons (Fsp3) is 0.125. The zero-order chi connectivity index (χ0) is 14.4. The number of hydrogen-bond acceptors (Lipinski definition) is 2. The van der Waals surface area contributed by atoms with E-state index in [1.165, 1.54) is 0 Å². The summed E-state index contributed by atoms with van der Waals surface area (Å²) in [7, 11) is 0. The summed E-state index contributed by atoms with van der Waals surface area (Å²) in [5, 5.41) is 2.66. The summed E-state index contributed by atoms with van der Waals surface area (Å²) in [4.78, 5) is 26.0. The van der Waals surface area contributed by atoms with Crippen molar-refractivity contribution in [2.45, 2.75) is 13.3 Å². The Morgan fingerprint density at radius 2 is 1.95 bits per heavy atom. The summed E-state index contributed by atoms with van der Waals surface area (Å²) in [5.74, 6) is -0.218. The van der Waals surface area contributed by atoms with E-state index in [4.69, 9.17) is 0 Å². The zero-order valence-electron chi connectivity index (χ0n) is 11.2. The van der Waals surface area contributed by atoms with Crippen molar-refractivity contribution in [2.75, 3.05) is 0 Å².